The van der Waals surface area contributed by atoms with E-state index >= 15 is 0 Å². The van der Waals surface area contributed by atoms with Crippen molar-refractivity contribution < 1.29 is 0 Å². The number of nitrogens with one attached hydrogen (secondary N) is 1. The van der Waals surface area contributed by atoms with Crippen LogP contribution in [0.4, 0.5) is 0 Å². The molecule has 0 saturated heterocycles. The second-order valence-electron chi connectivity index (χ2n) is 5.54. The summed E-state index contributed by atoms with van der Waals surface area (Å²) in [4.78, 5) is 4.43. The van der Waals surface area contributed by atoms with Gasteiger partial charge in [0.15, 0.2) is 0 Å². The van der Waals surface area contributed by atoms with Gasteiger partial charge >= 0.3 is 0 Å². The van der Waals surface area contributed by atoms with Crippen LogP contribution >= 0.6 is 0 Å². The fourth-order valence-electron chi connectivity index (χ4n) is 2.53. The van der Waals surface area contributed by atoms with E-state index in [0.29, 0.717) is 6.04 Å². The predicted octanol–water partition coefficient (Wildman–Crippen LogP) is 2.80. The van der Waals surface area contributed by atoms with E-state index in [4.69, 9.17) is 0 Å². The zero-order valence-electron chi connectivity index (χ0n) is 13.0. The van der Waals surface area contributed by atoms with E-state index in [-0.39, 0.29) is 0 Å². The van der Waals surface area contributed by atoms with Gasteiger partial charge in [-0.3, -0.25) is 0 Å². The maximum absolute atomic E-state index is 4.43. The lowest BCUT2D eigenvalue weighted by atomic mass is 9.99. The molecule has 0 amide bonds. The van der Waals surface area contributed by atoms with Crippen LogP contribution in [0, 0.1) is 13.8 Å². The quantitative estimate of drug-likeness (QED) is 0.875. The number of likely N-dealkylation sites (N-methyl/N-ethyl adjacent to an activating group) is 1. The number of benzene rings is 1. The Kier molecular flexibility index (Phi) is 4.96. The van der Waals surface area contributed by atoms with Gasteiger partial charge in [0.1, 0.15) is 5.82 Å². The van der Waals surface area contributed by atoms with Crippen LogP contribution in [0.2, 0.25) is 0 Å². The SMILES string of the molecule is CCNC(Cc1ccc(C)c(C)c1)Cc1nccn1C. The lowest BCUT2D eigenvalue weighted by molar-refractivity contribution is 0.504. The molecule has 1 heterocycles. The van der Waals surface area contributed by atoms with E-state index in [1.807, 2.05) is 12.4 Å². The molecule has 2 aromatic rings. The number of hydrogen-bond acceptors (Lipinski definition) is 2. The zero-order valence-corrected chi connectivity index (χ0v) is 13.0. The summed E-state index contributed by atoms with van der Waals surface area (Å²) in [7, 11) is 2.06. The third-order valence-electron chi connectivity index (χ3n) is 3.90. The van der Waals surface area contributed by atoms with Gasteiger partial charge in [-0.05, 0) is 43.5 Å². The van der Waals surface area contributed by atoms with Crippen LogP contribution < -0.4 is 5.32 Å². The molecule has 2 rings (SSSR count). The Labute approximate surface area is 122 Å². The van der Waals surface area contributed by atoms with Crippen LogP contribution in [-0.4, -0.2) is 22.1 Å². The molecule has 1 aromatic heterocycles. The van der Waals surface area contributed by atoms with Crippen molar-refractivity contribution in [3.05, 3.63) is 53.1 Å². The largest absolute Gasteiger partial charge is 0.338 e. The summed E-state index contributed by atoms with van der Waals surface area (Å²) in [6, 6.07) is 7.20. The Bertz CT molecular complexity index is 557. The number of aromatic nitrogens is 2. The van der Waals surface area contributed by atoms with E-state index in [1.54, 1.807) is 0 Å². The molecule has 0 aliphatic carbocycles. The van der Waals surface area contributed by atoms with E-state index in [2.05, 4.69) is 60.9 Å². The fourth-order valence-corrected chi connectivity index (χ4v) is 2.53. The molecule has 108 valence electrons. The Balaban J connectivity index is 2.08. The monoisotopic (exact) mass is 271 g/mol. The molecule has 0 bridgehead atoms. The first-order valence-electron chi connectivity index (χ1n) is 7.36. The van der Waals surface area contributed by atoms with E-state index in [9.17, 15) is 0 Å². The van der Waals surface area contributed by atoms with Gasteiger partial charge in [-0.1, -0.05) is 25.1 Å². The summed E-state index contributed by atoms with van der Waals surface area (Å²) in [6.45, 7) is 7.49. The van der Waals surface area contributed by atoms with Crippen molar-refractivity contribution in [1.29, 1.82) is 0 Å². The highest BCUT2D eigenvalue weighted by atomic mass is 15.0. The summed E-state index contributed by atoms with van der Waals surface area (Å²) in [6.07, 6.45) is 5.88. The van der Waals surface area contributed by atoms with Gasteiger partial charge < -0.3 is 9.88 Å². The minimum absolute atomic E-state index is 0.434. The maximum Gasteiger partial charge on any atom is 0.109 e. The van der Waals surface area contributed by atoms with Crippen molar-refractivity contribution in [2.75, 3.05) is 6.54 Å². The van der Waals surface area contributed by atoms with Gasteiger partial charge in [0.05, 0.1) is 0 Å². The summed E-state index contributed by atoms with van der Waals surface area (Å²) < 4.78 is 2.10. The molecule has 1 atom stereocenters. The molecule has 3 nitrogen and oxygen atoms in total. The molecular formula is C17H25N3. The Hall–Kier alpha value is -1.61. The summed E-state index contributed by atoms with van der Waals surface area (Å²) in [5.74, 6) is 1.14. The predicted molar refractivity (Wildman–Crippen MR) is 84.0 cm³/mol. The highest BCUT2D eigenvalue weighted by molar-refractivity contribution is 5.30. The lowest BCUT2D eigenvalue weighted by Crippen LogP contribution is -2.33. The minimum atomic E-state index is 0.434. The van der Waals surface area contributed by atoms with Gasteiger partial charge in [0.25, 0.3) is 0 Å². The number of rotatable bonds is 6. The van der Waals surface area contributed by atoms with Crippen molar-refractivity contribution >= 4 is 0 Å². The molecular weight excluding hydrogens is 246 g/mol. The average Bonchev–Trinajstić information content (AvgIpc) is 2.80. The average molecular weight is 271 g/mol. The van der Waals surface area contributed by atoms with E-state index < -0.39 is 0 Å². The van der Waals surface area contributed by atoms with Crippen molar-refractivity contribution in [2.45, 2.75) is 39.7 Å². The van der Waals surface area contributed by atoms with Gasteiger partial charge in [-0.2, -0.15) is 0 Å². The van der Waals surface area contributed by atoms with Crippen LogP contribution in [0.15, 0.2) is 30.6 Å². The second kappa shape index (κ2) is 6.71. The van der Waals surface area contributed by atoms with Crippen molar-refractivity contribution in [3.8, 4) is 0 Å². The Morgan fingerprint density at radius 2 is 2.00 bits per heavy atom. The summed E-state index contributed by atoms with van der Waals surface area (Å²) in [5.41, 5.74) is 4.13. The third kappa shape index (κ3) is 3.70. The van der Waals surface area contributed by atoms with Crippen LogP contribution in [0.1, 0.15) is 29.4 Å². The first kappa shape index (κ1) is 14.8. The zero-order chi connectivity index (χ0) is 14.5. The number of nitrogens with zero attached hydrogens (tertiary/aromatic N) is 2. The molecule has 0 aliphatic rings. The van der Waals surface area contributed by atoms with Crippen LogP contribution in [0.25, 0.3) is 0 Å². The normalized spacial score (nSPS) is 12.6. The van der Waals surface area contributed by atoms with Crippen LogP contribution in [-0.2, 0) is 19.9 Å². The molecule has 0 radical (unpaired) electrons. The molecule has 0 saturated carbocycles. The Morgan fingerprint density at radius 1 is 1.20 bits per heavy atom. The standard InChI is InChI=1S/C17H25N3/c1-5-18-16(12-17-19-8-9-20(17)4)11-15-7-6-13(2)14(3)10-15/h6-10,16,18H,5,11-12H2,1-4H3. The highest BCUT2D eigenvalue weighted by Crippen LogP contribution is 2.13. The smallest absolute Gasteiger partial charge is 0.109 e. The first-order valence-corrected chi connectivity index (χ1v) is 7.36. The van der Waals surface area contributed by atoms with Crippen molar-refractivity contribution in [3.63, 3.8) is 0 Å². The number of aryl methyl sites for hydroxylation is 3. The van der Waals surface area contributed by atoms with Gasteiger partial charge in [0, 0.05) is 31.9 Å². The molecule has 20 heavy (non-hydrogen) atoms. The van der Waals surface area contributed by atoms with Gasteiger partial charge in [-0.15, -0.1) is 0 Å². The summed E-state index contributed by atoms with van der Waals surface area (Å²) in [5, 5.41) is 3.58. The van der Waals surface area contributed by atoms with Gasteiger partial charge in [-0.25, -0.2) is 4.98 Å². The summed E-state index contributed by atoms with van der Waals surface area (Å²) >= 11 is 0. The number of imidazole rings is 1. The topological polar surface area (TPSA) is 29.9 Å². The first-order chi connectivity index (χ1) is 9.60. The van der Waals surface area contributed by atoms with E-state index in [1.165, 1.54) is 16.7 Å². The molecule has 1 unspecified atom stereocenters. The van der Waals surface area contributed by atoms with Crippen LogP contribution in [0.3, 0.4) is 0 Å². The third-order valence-corrected chi connectivity index (χ3v) is 3.90. The fraction of sp³-hybridized carbons (Fsp3) is 0.471. The molecule has 0 aliphatic heterocycles. The molecule has 0 fully saturated rings. The maximum atomic E-state index is 4.43. The number of hydrogen-bond donors (Lipinski definition) is 1. The minimum Gasteiger partial charge on any atom is -0.338 e. The van der Waals surface area contributed by atoms with Crippen LogP contribution in [0.5, 0.6) is 0 Å². The van der Waals surface area contributed by atoms with E-state index in [0.717, 1.165) is 25.2 Å². The molecule has 1 aromatic carbocycles. The molecule has 0 spiro atoms. The van der Waals surface area contributed by atoms with Crippen molar-refractivity contribution in [2.24, 2.45) is 7.05 Å². The molecule has 3 heteroatoms. The lowest BCUT2D eigenvalue weighted by Gasteiger charge is -2.18. The van der Waals surface area contributed by atoms with Gasteiger partial charge in [0.2, 0.25) is 0 Å². The highest BCUT2D eigenvalue weighted by Gasteiger charge is 2.12. The Morgan fingerprint density at radius 3 is 2.60 bits per heavy atom. The second-order valence-corrected chi connectivity index (χ2v) is 5.54. The van der Waals surface area contributed by atoms with Crippen molar-refractivity contribution in [1.82, 2.24) is 14.9 Å². The molecule has 1 N–H and O–H groups in total.